The Balaban J connectivity index is 1.33. The van der Waals surface area contributed by atoms with Gasteiger partial charge in [0.2, 0.25) is 0 Å². The molecule has 2 aliphatic heterocycles. The minimum absolute atomic E-state index is 0.00535. The Labute approximate surface area is 145 Å². The number of fused-ring (bicyclic) bond motifs is 1. The summed E-state index contributed by atoms with van der Waals surface area (Å²) in [5.74, 6) is 2.08. The largest absolute Gasteiger partial charge is 0.376 e. The van der Waals surface area contributed by atoms with E-state index in [4.69, 9.17) is 4.74 Å². The molecule has 2 fully saturated rings. The molecule has 0 bridgehead atoms. The number of hydrogen-bond donors (Lipinski definition) is 1. The SMILES string of the molecule is O=C(NC[C@H]1OC[C@@H]2CN(c3ccccn3)CC[C@@H]21)c1ccsc1. The Morgan fingerprint density at radius 2 is 2.38 bits per heavy atom. The number of ether oxygens (including phenoxy) is 1. The first-order chi connectivity index (χ1) is 11.8. The van der Waals surface area contributed by atoms with Gasteiger partial charge in [0.15, 0.2) is 0 Å². The van der Waals surface area contributed by atoms with Crippen LogP contribution in [0.1, 0.15) is 16.8 Å². The van der Waals surface area contributed by atoms with Crippen LogP contribution in [0.3, 0.4) is 0 Å². The van der Waals surface area contributed by atoms with Crippen LogP contribution in [0.4, 0.5) is 5.82 Å². The van der Waals surface area contributed by atoms with Crippen molar-refractivity contribution >= 4 is 23.1 Å². The van der Waals surface area contributed by atoms with E-state index in [-0.39, 0.29) is 12.0 Å². The second-order valence-corrected chi connectivity index (χ2v) is 7.22. The van der Waals surface area contributed by atoms with Crippen LogP contribution in [0.15, 0.2) is 41.2 Å². The van der Waals surface area contributed by atoms with Gasteiger partial charge >= 0.3 is 0 Å². The van der Waals surface area contributed by atoms with Gasteiger partial charge in [0.1, 0.15) is 5.82 Å². The number of anilines is 1. The number of nitrogens with one attached hydrogen (secondary N) is 1. The number of amides is 1. The Bertz CT molecular complexity index is 677. The molecule has 5 nitrogen and oxygen atoms in total. The minimum Gasteiger partial charge on any atom is -0.376 e. The summed E-state index contributed by atoms with van der Waals surface area (Å²) in [6, 6.07) is 7.89. The molecule has 126 valence electrons. The average molecular weight is 343 g/mol. The third kappa shape index (κ3) is 3.16. The molecular formula is C18H21N3O2S. The quantitative estimate of drug-likeness (QED) is 0.926. The molecule has 1 N–H and O–H groups in total. The Morgan fingerprint density at radius 1 is 1.42 bits per heavy atom. The molecular weight excluding hydrogens is 322 g/mol. The highest BCUT2D eigenvalue weighted by Crippen LogP contribution is 2.35. The van der Waals surface area contributed by atoms with E-state index >= 15 is 0 Å². The van der Waals surface area contributed by atoms with Gasteiger partial charge in [0.05, 0.1) is 12.7 Å². The van der Waals surface area contributed by atoms with Crippen LogP contribution in [0.5, 0.6) is 0 Å². The molecule has 3 atom stereocenters. The van der Waals surface area contributed by atoms with Gasteiger partial charge in [-0.25, -0.2) is 4.98 Å². The summed E-state index contributed by atoms with van der Waals surface area (Å²) in [7, 11) is 0. The fraction of sp³-hybridized carbons (Fsp3) is 0.444. The van der Waals surface area contributed by atoms with E-state index in [1.165, 1.54) is 11.3 Å². The normalized spacial score (nSPS) is 26.2. The monoisotopic (exact) mass is 343 g/mol. The van der Waals surface area contributed by atoms with Crippen molar-refractivity contribution in [1.29, 1.82) is 0 Å². The van der Waals surface area contributed by atoms with Crippen LogP contribution >= 0.6 is 11.3 Å². The van der Waals surface area contributed by atoms with E-state index in [9.17, 15) is 4.79 Å². The van der Waals surface area contributed by atoms with Gasteiger partial charge in [-0.15, -0.1) is 0 Å². The third-order valence-electron chi connectivity index (χ3n) is 5.02. The zero-order chi connectivity index (χ0) is 16.4. The summed E-state index contributed by atoms with van der Waals surface area (Å²) in [6.07, 6.45) is 3.05. The van der Waals surface area contributed by atoms with Crippen molar-refractivity contribution in [3.8, 4) is 0 Å². The summed E-state index contributed by atoms with van der Waals surface area (Å²) in [5, 5.41) is 6.81. The van der Waals surface area contributed by atoms with Crippen molar-refractivity contribution in [2.45, 2.75) is 12.5 Å². The summed E-state index contributed by atoms with van der Waals surface area (Å²) in [6.45, 7) is 3.35. The topological polar surface area (TPSA) is 54.5 Å². The minimum atomic E-state index is -0.00535. The Kier molecular flexibility index (Phi) is 4.49. The number of piperidine rings is 1. The van der Waals surface area contributed by atoms with Crippen LogP contribution in [0.25, 0.3) is 0 Å². The molecule has 2 aromatic heterocycles. The molecule has 2 aromatic rings. The first kappa shape index (κ1) is 15.6. The Morgan fingerprint density at radius 3 is 3.17 bits per heavy atom. The molecule has 4 heterocycles. The number of nitrogens with zero attached hydrogens (tertiary/aromatic N) is 2. The number of hydrogen-bond acceptors (Lipinski definition) is 5. The van der Waals surface area contributed by atoms with Crippen LogP contribution in [0.2, 0.25) is 0 Å². The second kappa shape index (κ2) is 6.91. The van der Waals surface area contributed by atoms with E-state index in [2.05, 4.69) is 21.3 Å². The van der Waals surface area contributed by atoms with Gasteiger partial charge in [-0.2, -0.15) is 11.3 Å². The summed E-state index contributed by atoms with van der Waals surface area (Å²) >= 11 is 1.54. The van der Waals surface area contributed by atoms with Gasteiger partial charge in [-0.05, 0) is 35.9 Å². The summed E-state index contributed by atoms with van der Waals surface area (Å²) in [5.41, 5.74) is 0.736. The molecule has 1 amide bonds. The van der Waals surface area contributed by atoms with Gasteiger partial charge in [-0.1, -0.05) is 6.07 Å². The summed E-state index contributed by atoms with van der Waals surface area (Å²) in [4.78, 5) is 18.9. The number of rotatable bonds is 4. The van der Waals surface area contributed by atoms with Crippen molar-refractivity contribution in [2.24, 2.45) is 11.8 Å². The van der Waals surface area contributed by atoms with E-state index < -0.39 is 0 Å². The van der Waals surface area contributed by atoms with E-state index in [0.29, 0.717) is 18.4 Å². The molecule has 0 unspecified atom stereocenters. The molecule has 0 saturated carbocycles. The standard InChI is InChI=1S/C18H21N3O2S/c22-18(13-5-8-24-12-13)20-9-16-15-4-7-21(10-14(15)11-23-16)17-3-1-2-6-19-17/h1-3,5-6,8,12,14-16H,4,7,9-11H2,(H,20,22)/t14-,15-,16+/m0/s1. The molecule has 4 rings (SSSR count). The molecule has 0 aromatic carbocycles. The highest BCUT2D eigenvalue weighted by Gasteiger charge is 2.41. The lowest BCUT2D eigenvalue weighted by molar-refractivity contribution is 0.0769. The smallest absolute Gasteiger partial charge is 0.252 e. The van der Waals surface area contributed by atoms with Gasteiger partial charge in [0, 0.05) is 42.7 Å². The zero-order valence-electron chi connectivity index (χ0n) is 13.4. The van der Waals surface area contributed by atoms with Crippen molar-refractivity contribution < 1.29 is 9.53 Å². The predicted molar refractivity (Wildman–Crippen MR) is 94.4 cm³/mol. The fourth-order valence-electron chi connectivity index (χ4n) is 3.74. The van der Waals surface area contributed by atoms with Crippen LogP contribution in [0, 0.1) is 11.8 Å². The number of thiophene rings is 1. The zero-order valence-corrected chi connectivity index (χ0v) is 14.2. The lowest BCUT2D eigenvalue weighted by Gasteiger charge is -2.36. The maximum Gasteiger partial charge on any atom is 0.252 e. The maximum absolute atomic E-state index is 12.1. The molecule has 0 radical (unpaired) electrons. The number of aromatic nitrogens is 1. The highest BCUT2D eigenvalue weighted by atomic mass is 32.1. The highest BCUT2D eigenvalue weighted by molar-refractivity contribution is 7.08. The van der Waals surface area contributed by atoms with Crippen LogP contribution < -0.4 is 10.2 Å². The summed E-state index contributed by atoms with van der Waals surface area (Å²) < 4.78 is 5.99. The maximum atomic E-state index is 12.1. The molecule has 2 aliphatic rings. The van der Waals surface area contributed by atoms with E-state index in [1.54, 1.807) is 0 Å². The van der Waals surface area contributed by atoms with Crippen molar-refractivity contribution in [2.75, 3.05) is 31.1 Å². The van der Waals surface area contributed by atoms with Gasteiger partial charge in [-0.3, -0.25) is 4.79 Å². The first-order valence-corrected chi connectivity index (χ1v) is 9.33. The molecule has 6 heteroatoms. The predicted octanol–water partition coefficient (Wildman–Crippen LogP) is 2.41. The molecule has 0 aliphatic carbocycles. The van der Waals surface area contributed by atoms with Crippen LogP contribution in [-0.4, -0.2) is 43.2 Å². The number of pyridine rings is 1. The fourth-order valence-corrected chi connectivity index (χ4v) is 4.37. The lowest BCUT2D eigenvalue weighted by Crippen LogP contribution is -2.44. The van der Waals surface area contributed by atoms with E-state index in [0.717, 1.165) is 37.5 Å². The second-order valence-electron chi connectivity index (χ2n) is 6.44. The molecule has 2 saturated heterocycles. The average Bonchev–Trinajstić information content (AvgIpc) is 3.30. The van der Waals surface area contributed by atoms with Gasteiger partial charge in [0.25, 0.3) is 5.91 Å². The van der Waals surface area contributed by atoms with Crippen LogP contribution in [-0.2, 0) is 4.74 Å². The van der Waals surface area contributed by atoms with Crippen molar-refractivity contribution in [3.05, 3.63) is 46.8 Å². The first-order valence-electron chi connectivity index (χ1n) is 8.39. The number of carbonyl (C=O) groups is 1. The van der Waals surface area contributed by atoms with Gasteiger partial charge < -0.3 is 15.0 Å². The Hall–Kier alpha value is -1.92. The lowest BCUT2D eigenvalue weighted by atomic mass is 9.84. The molecule has 0 spiro atoms. The molecule has 24 heavy (non-hydrogen) atoms. The third-order valence-corrected chi connectivity index (χ3v) is 5.70. The van der Waals surface area contributed by atoms with Crippen molar-refractivity contribution in [1.82, 2.24) is 10.3 Å². The number of carbonyl (C=O) groups excluding carboxylic acids is 1. The van der Waals surface area contributed by atoms with E-state index in [1.807, 2.05) is 35.2 Å². The van der Waals surface area contributed by atoms with Crippen molar-refractivity contribution in [3.63, 3.8) is 0 Å².